The molecule has 0 N–H and O–H groups in total. The van der Waals surface area contributed by atoms with Crippen molar-refractivity contribution in [2.24, 2.45) is 0 Å². The Labute approximate surface area is 109 Å². The van der Waals surface area contributed by atoms with E-state index in [2.05, 4.69) is 65.6 Å². The van der Waals surface area contributed by atoms with Gasteiger partial charge in [0.05, 0.1) is 0 Å². The standard InChI is InChI=1S/C17H19N/c1-3-7-15(8-4-1)13-18-12-11-17(14-18)16-9-5-2-6-10-16/h1-10,17H,11-14H2/t17-/m1/s1. The van der Waals surface area contributed by atoms with E-state index in [-0.39, 0.29) is 0 Å². The van der Waals surface area contributed by atoms with E-state index in [1.165, 1.54) is 30.6 Å². The minimum Gasteiger partial charge on any atom is -0.298 e. The minimum atomic E-state index is 0.718. The van der Waals surface area contributed by atoms with Crippen molar-refractivity contribution in [1.29, 1.82) is 0 Å². The summed E-state index contributed by atoms with van der Waals surface area (Å²) >= 11 is 0. The molecule has 3 rings (SSSR count). The Hall–Kier alpha value is -1.60. The molecular formula is C17H19N. The summed E-state index contributed by atoms with van der Waals surface area (Å²) in [5, 5.41) is 0. The van der Waals surface area contributed by atoms with Gasteiger partial charge in [0.1, 0.15) is 0 Å². The molecule has 18 heavy (non-hydrogen) atoms. The van der Waals surface area contributed by atoms with E-state index in [9.17, 15) is 0 Å². The number of likely N-dealkylation sites (tertiary alicyclic amines) is 1. The fourth-order valence-corrected chi connectivity index (χ4v) is 2.82. The molecule has 0 amide bonds. The minimum absolute atomic E-state index is 0.718. The Morgan fingerprint density at radius 1 is 0.889 bits per heavy atom. The molecule has 1 heterocycles. The van der Waals surface area contributed by atoms with Crippen LogP contribution in [0.15, 0.2) is 60.7 Å². The molecule has 0 saturated carbocycles. The van der Waals surface area contributed by atoms with Crippen molar-refractivity contribution in [1.82, 2.24) is 4.90 Å². The fourth-order valence-electron chi connectivity index (χ4n) is 2.82. The number of benzene rings is 2. The maximum absolute atomic E-state index is 2.56. The van der Waals surface area contributed by atoms with Crippen molar-refractivity contribution < 1.29 is 0 Å². The van der Waals surface area contributed by atoms with Crippen LogP contribution in [0.2, 0.25) is 0 Å². The second-order valence-corrected chi connectivity index (χ2v) is 5.12. The Balaban J connectivity index is 1.62. The van der Waals surface area contributed by atoms with Crippen LogP contribution < -0.4 is 0 Å². The molecule has 0 aromatic heterocycles. The molecule has 0 unspecified atom stereocenters. The summed E-state index contributed by atoms with van der Waals surface area (Å²) in [4.78, 5) is 2.56. The zero-order valence-corrected chi connectivity index (χ0v) is 10.6. The number of hydrogen-bond donors (Lipinski definition) is 0. The molecular weight excluding hydrogens is 218 g/mol. The van der Waals surface area contributed by atoms with Crippen LogP contribution in [0.5, 0.6) is 0 Å². The van der Waals surface area contributed by atoms with Crippen molar-refractivity contribution in [3.05, 3.63) is 71.8 Å². The first-order valence-electron chi connectivity index (χ1n) is 6.73. The third-order valence-corrected chi connectivity index (χ3v) is 3.79. The quantitative estimate of drug-likeness (QED) is 0.787. The average molecular weight is 237 g/mol. The van der Waals surface area contributed by atoms with E-state index in [1.54, 1.807) is 0 Å². The summed E-state index contributed by atoms with van der Waals surface area (Å²) in [5.74, 6) is 0.718. The Morgan fingerprint density at radius 3 is 2.28 bits per heavy atom. The number of nitrogens with zero attached hydrogens (tertiary/aromatic N) is 1. The van der Waals surface area contributed by atoms with E-state index in [4.69, 9.17) is 0 Å². The third kappa shape index (κ3) is 2.62. The average Bonchev–Trinajstić information content (AvgIpc) is 2.89. The topological polar surface area (TPSA) is 3.24 Å². The van der Waals surface area contributed by atoms with Gasteiger partial charge < -0.3 is 0 Å². The zero-order valence-electron chi connectivity index (χ0n) is 10.6. The van der Waals surface area contributed by atoms with Crippen molar-refractivity contribution in [3.8, 4) is 0 Å². The van der Waals surface area contributed by atoms with Crippen molar-refractivity contribution in [2.75, 3.05) is 13.1 Å². The molecule has 1 aliphatic rings. The summed E-state index contributed by atoms with van der Waals surface area (Å²) in [6, 6.07) is 21.7. The van der Waals surface area contributed by atoms with Gasteiger partial charge in [-0.3, -0.25) is 4.90 Å². The molecule has 1 heteroatoms. The first-order chi connectivity index (χ1) is 8.92. The maximum Gasteiger partial charge on any atom is 0.0233 e. The summed E-state index contributed by atoms with van der Waals surface area (Å²) in [5.41, 5.74) is 2.92. The van der Waals surface area contributed by atoms with Crippen LogP contribution in [0.3, 0.4) is 0 Å². The molecule has 0 bridgehead atoms. The van der Waals surface area contributed by atoms with Gasteiger partial charge in [-0.2, -0.15) is 0 Å². The van der Waals surface area contributed by atoms with Crippen molar-refractivity contribution >= 4 is 0 Å². The summed E-state index contributed by atoms with van der Waals surface area (Å²) in [7, 11) is 0. The lowest BCUT2D eigenvalue weighted by Crippen LogP contribution is -2.19. The monoisotopic (exact) mass is 237 g/mol. The fraction of sp³-hybridized carbons (Fsp3) is 0.294. The summed E-state index contributed by atoms with van der Waals surface area (Å²) in [6.07, 6.45) is 1.29. The third-order valence-electron chi connectivity index (χ3n) is 3.79. The first kappa shape index (κ1) is 11.5. The van der Waals surface area contributed by atoms with E-state index >= 15 is 0 Å². The molecule has 92 valence electrons. The van der Waals surface area contributed by atoms with Gasteiger partial charge in [-0.1, -0.05) is 60.7 Å². The van der Waals surface area contributed by atoms with Gasteiger partial charge in [0, 0.05) is 13.1 Å². The van der Waals surface area contributed by atoms with Crippen LogP contribution in [0, 0.1) is 0 Å². The van der Waals surface area contributed by atoms with Crippen LogP contribution in [0.1, 0.15) is 23.5 Å². The van der Waals surface area contributed by atoms with E-state index in [0.717, 1.165) is 12.5 Å². The Bertz CT molecular complexity index is 477. The van der Waals surface area contributed by atoms with Crippen LogP contribution in [0.25, 0.3) is 0 Å². The molecule has 1 atom stereocenters. The molecule has 2 aromatic rings. The van der Waals surface area contributed by atoms with Crippen LogP contribution >= 0.6 is 0 Å². The Kier molecular flexibility index (Phi) is 3.42. The first-order valence-corrected chi connectivity index (χ1v) is 6.73. The van der Waals surface area contributed by atoms with E-state index < -0.39 is 0 Å². The van der Waals surface area contributed by atoms with Gasteiger partial charge in [0.2, 0.25) is 0 Å². The van der Waals surface area contributed by atoms with Gasteiger partial charge in [-0.05, 0) is 30.0 Å². The smallest absolute Gasteiger partial charge is 0.0233 e. The second kappa shape index (κ2) is 5.36. The summed E-state index contributed by atoms with van der Waals surface area (Å²) < 4.78 is 0. The van der Waals surface area contributed by atoms with Crippen LogP contribution in [0.4, 0.5) is 0 Å². The zero-order chi connectivity index (χ0) is 12.2. The van der Waals surface area contributed by atoms with Gasteiger partial charge in [-0.25, -0.2) is 0 Å². The molecule has 2 aromatic carbocycles. The highest BCUT2D eigenvalue weighted by atomic mass is 15.1. The second-order valence-electron chi connectivity index (χ2n) is 5.12. The van der Waals surface area contributed by atoms with E-state index in [1.807, 2.05) is 0 Å². The van der Waals surface area contributed by atoms with Gasteiger partial charge >= 0.3 is 0 Å². The lowest BCUT2D eigenvalue weighted by molar-refractivity contribution is 0.327. The van der Waals surface area contributed by atoms with Gasteiger partial charge in [-0.15, -0.1) is 0 Å². The largest absolute Gasteiger partial charge is 0.298 e. The Morgan fingerprint density at radius 2 is 1.56 bits per heavy atom. The highest BCUT2D eigenvalue weighted by Crippen LogP contribution is 2.27. The lowest BCUT2D eigenvalue weighted by Gasteiger charge is -2.16. The van der Waals surface area contributed by atoms with E-state index in [0.29, 0.717) is 0 Å². The van der Waals surface area contributed by atoms with Crippen molar-refractivity contribution in [3.63, 3.8) is 0 Å². The van der Waals surface area contributed by atoms with Gasteiger partial charge in [0.25, 0.3) is 0 Å². The van der Waals surface area contributed by atoms with Crippen LogP contribution in [-0.2, 0) is 6.54 Å². The highest BCUT2D eigenvalue weighted by Gasteiger charge is 2.23. The lowest BCUT2D eigenvalue weighted by atomic mass is 9.99. The van der Waals surface area contributed by atoms with Crippen molar-refractivity contribution in [2.45, 2.75) is 18.9 Å². The van der Waals surface area contributed by atoms with Crippen LogP contribution in [-0.4, -0.2) is 18.0 Å². The number of hydrogen-bond acceptors (Lipinski definition) is 1. The summed E-state index contributed by atoms with van der Waals surface area (Å²) in [6.45, 7) is 3.50. The van der Waals surface area contributed by atoms with Gasteiger partial charge in [0.15, 0.2) is 0 Å². The number of rotatable bonds is 3. The SMILES string of the molecule is c1ccc(CN2CC[C@@H](c3ccccc3)C2)cc1. The molecule has 0 spiro atoms. The predicted octanol–water partition coefficient (Wildman–Crippen LogP) is 3.68. The molecule has 0 aliphatic carbocycles. The predicted molar refractivity (Wildman–Crippen MR) is 75.5 cm³/mol. The normalized spacial score (nSPS) is 20.1. The molecule has 1 nitrogen and oxygen atoms in total. The molecule has 0 radical (unpaired) electrons. The molecule has 1 aliphatic heterocycles. The maximum atomic E-state index is 2.56. The molecule has 1 fully saturated rings. The molecule has 1 saturated heterocycles. The highest BCUT2D eigenvalue weighted by molar-refractivity contribution is 5.21.